The van der Waals surface area contributed by atoms with Gasteiger partial charge in [0.05, 0.1) is 15.6 Å². The fourth-order valence-corrected chi connectivity index (χ4v) is 3.37. The van der Waals surface area contributed by atoms with Crippen LogP contribution < -0.4 is 10.1 Å². The lowest BCUT2D eigenvalue weighted by Crippen LogP contribution is -2.13. The van der Waals surface area contributed by atoms with Gasteiger partial charge in [-0.25, -0.2) is 4.79 Å². The molecular formula is C24H16Cl2N2O5. The molecule has 0 heterocycles. The van der Waals surface area contributed by atoms with Crippen LogP contribution in [0.2, 0.25) is 10.0 Å². The molecule has 1 amide bonds. The first kappa shape index (κ1) is 23.7. The summed E-state index contributed by atoms with van der Waals surface area (Å²) in [5.41, 5.74) is 1.53. The van der Waals surface area contributed by atoms with Crippen molar-refractivity contribution in [1.82, 2.24) is 0 Å². The number of carboxylic acids is 1. The molecule has 166 valence electrons. The van der Waals surface area contributed by atoms with Gasteiger partial charge in [-0.15, -0.1) is 0 Å². The summed E-state index contributed by atoms with van der Waals surface area (Å²) in [6.45, 7) is 0.104. The fraction of sp³-hybridized carbons (Fsp3) is 0.0417. The maximum absolute atomic E-state index is 12.4. The standard InChI is InChI=1S/C24H16Cl2N2O5/c25-20-10-15(9-17(12-27)23(30)28-18-5-7-19(29)8-6-18)11-21(26)22(20)33-13-14-1-3-16(4-2-14)24(31)32/h1-11,29H,13H2,(H,28,30)(H,31,32)/b17-9+. The van der Waals surface area contributed by atoms with Gasteiger partial charge in [0, 0.05) is 5.69 Å². The highest BCUT2D eigenvalue weighted by Gasteiger charge is 2.13. The van der Waals surface area contributed by atoms with Crippen molar-refractivity contribution in [3.63, 3.8) is 0 Å². The Morgan fingerprint density at radius 3 is 2.18 bits per heavy atom. The first-order valence-electron chi connectivity index (χ1n) is 9.43. The number of nitrogens with one attached hydrogen (secondary N) is 1. The van der Waals surface area contributed by atoms with Crippen LogP contribution in [0.5, 0.6) is 11.5 Å². The van der Waals surface area contributed by atoms with Crippen LogP contribution in [0.4, 0.5) is 5.69 Å². The van der Waals surface area contributed by atoms with Crippen molar-refractivity contribution < 1.29 is 24.5 Å². The van der Waals surface area contributed by atoms with E-state index in [1.165, 1.54) is 54.6 Å². The van der Waals surface area contributed by atoms with E-state index in [1.54, 1.807) is 12.1 Å². The molecule has 33 heavy (non-hydrogen) atoms. The average Bonchev–Trinajstić information content (AvgIpc) is 2.78. The molecule has 0 radical (unpaired) electrons. The van der Waals surface area contributed by atoms with Gasteiger partial charge in [0.15, 0.2) is 5.75 Å². The van der Waals surface area contributed by atoms with E-state index < -0.39 is 11.9 Å². The minimum atomic E-state index is -1.02. The average molecular weight is 483 g/mol. The molecule has 3 aromatic carbocycles. The maximum atomic E-state index is 12.4. The monoisotopic (exact) mass is 482 g/mol. The van der Waals surface area contributed by atoms with Gasteiger partial charge in [-0.05, 0) is 65.7 Å². The van der Waals surface area contributed by atoms with E-state index >= 15 is 0 Å². The van der Waals surface area contributed by atoms with Crippen LogP contribution in [0.15, 0.2) is 66.2 Å². The molecule has 3 N–H and O–H groups in total. The predicted molar refractivity (Wildman–Crippen MR) is 125 cm³/mol. The summed E-state index contributed by atoms with van der Waals surface area (Å²) in [7, 11) is 0. The predicted octanol–water partition coefficient (Wildman–Crippen LogP) is 5.52. The first-order valence-corrected chi connectivity index (χ1v) is 10.2. The van der Waals surface area contributed by atoms with Crippen LogP contribution in [0, 0.1) is 11.3 Å². The van der Waals surface area contributed by atoms with Gasteiger partial charge in [0.1, 0.15) is 24.0 Å². The molecule has 0 atom stereocenters. The lowest BCUT2D eigenvalue weighted by atomic mass is 10.1. The van der Waals surface area contributed by atoms with E-state index in [1.807, 2.05) is 6.07 Å². The SMILES string of the molecule is N#C/C(=C\c1cc(Cl)c(OCc2ccc(C(=O)O)cc2)c(Cl)c1)C(=O)Nc1ccc(O)cc1. The smallest absolute Gasteiger partial charge is 0.335 e. The summed E-state index contributed by atoms with van der Waals surface area (Å²) < 4.78 is 5.68. The highest BCUT2D eigenvalue weighted by molar-refractivity contribution is 6.37. The number of aromatic carboxylic acids is 1. The summed E-state index contributed by atoms with van der Waals surface area (Å²) in [4.78, 5) is 23.3. The van der Waals surface area contributed by atoms with E-state index in [2.05, 4.69) is 5.32 Å². The highest BCUT2D eigenvalue weighted by Crippen LogP contribution is 2.35. The third-order valence-corrected chi connectivity index (χ3v) is 4.97. The molecule has 0 aliphatic rings. The number of amides is 1. The molecule has 0 aromatic heterocycles. The number of carbonyl (C=O) groups excluding carboxylic acids is 1. The number of carboxylic acid groups (broad SMARTS) is 1. The highest BCUT2D eigenvalue weighted by atomic mass is 35.5. The van der Waals surface area contributed by atoms with Gasteiger partial charge in [0.2, 0.25) is 0 Å². The van der Waals surface area contributed by atoms with Crippen molar-refractivity contribution in [2.24, 2.45) is 0 Å². The number of benzene rings is 3. The summed E-state index contributed by atoms with van der Waals surface area (Å²) in [6, 6.07) is 16.8. The number of hydrogen-bond acceptors (Lipinski definition) is 5. The third kappa shape index (κ3) is 6.26. The Morgan fingerprint density at radius 2 is 1.64 bits per heavy atom. The zero-order chi connectivity index (χ0) is 24.0. The van der Waals surface area contributed by atoms with Crippen molar-refractivity contribution in [3.8, 4) is 17.6 Å². The van der Waals surface area contributed by atoms with Crippen molar-refractivity contribution in [1.29, 1.82) is 5.26 Å². The Bertz CT molecular complexity index is 1240. The van der Waals surface area contributed by atoms with Gasteiger partial charge >= 0.3 is 5.97 Å². The summed E-state index contributed by atoms with van der Waals surface area (Å²) in [5, 5.41) is 30.6. The van der Waals surface area contributed by atoms with Crippen molar-refractivity contribution in [2.75, 3.05) is 5.32 Å². The Balaban J connectivity index is 1.74. The minimum absolute atomic E-state index is 0.0490. The zero-order valence-corrected chi connectivity index (χ0v) is 18.4. The number of nitriles is 1. The molecule has 0 fully saturated rings. The summed E-state index contributed by atoms with van der Waals surface area (Å²) in [5.74, 6) is -1.40. The zero-order valence-electron chi connectivity index (χ0n) is 16.9. The Labute approximate surface area is 199 Å². The molecule has 3 rings (SSSR count). The van der Waals surface area contributed by atoms with Crippen molar-refractivity contribution >= 4 is 46.8 Å². The molecule has 0 unspecified atom stereocenters. The summed E-state index contributed by atoms with van der Waals surface area (Å²) >= 11 is 12.6. The van der Waals surface area contributed by atoms with Gasteiger partial charge in [0.25, 0.3) is 5.91 Å². The van der Waals surface area contributed by atoms with Crippen LogP contribution >= 0.6 is 23.2 Å². The number of rotatable bonds is 7. The maximum Gasteiger partial charge on any atom is 0.335 e. The minimum Gasteiger partial charge on any atom is -0.508 e. The molecule has 0 spiro atoms. The molecule has 0 bridgehead atoms. The Hall–Kier alpha value is -3.99. The largest absolute Gasteiger partial charge is 0.508 e. The second-order valence-electron chi connectivity index (χ2n) is 6.78. The van der Waals surface area contributed by atoms with Crippen LogP contribution in [0.3, 0.4) is 0 Å². The van der Waals surface area contributed by atoms with E-state index in [9.17, 15) is 20.0 Å². The van der Waals surface area contributed by atoms with Gasteiger partial charge in [-0.1, -0.05) is 35.3 Å². The fourth-order valence-electron chi connectivity index (χ4n) is 2.76. The van der Waals surface area contributed by atoms with E-state index in [0.29, 0.717) is 16.8 Å². The quantitative estimate of drug-likeness (QED) is 0.231. The number of phenolic OH excluding ortho intramolecular Hbond substituents is 1. The molecule has 3 aromatic rings. The van der Waals surface area contributed by atoms with E-state index in [0.717, 1.165) is 0 Å². The molecule has 0 aliphatic carbocycles. The number of nitrogens with zero attached hydrogens (tertiary/aromatic N) is 1. The van der Waals surface area contributed by atoms with E-state index in [4.69, 9.17) is 33.0 Å². The molecule has 0 aliphatic heterocycles. The number of carbonyl (C=O) groups is 2. The lowest BCUT2D eigenvalue weighted by molar-refractivity contribution is -0.112. The lowest BCUT2D eigenvalue weighted by Gasteiger charge is -2.11. The normalized spacial score (nSPS) is 10.9. The van der Waals surface area contributed by atoms with Crippen LogP contribution in [0.25, 0.3) is 6.08 Å². The van der Waals surface area contributed by atoms with Crippen LogP contribution in [-0.4, -0.2) is 22.1 Å². The second kappa shape index (κ2) is 10.6. The number of anilines is 1. The van der Waals surface area contributed by atoms with Gasteiger partial charge in [-0.2, -0.15) is 5.26 Å². The molecule has 0 saturated heterocycles. The Morgan fingerprint density at radius 1 is 1.03 bits per heavy atom. The molecule has 9 heteroatoms. The molecule has 7 nitrogen and oxygen atoms in total. The van der Waals surface area contributed by atoms with Gasteiger partial charge in [-0.3, -0.25) is 4.79 Å². The number of hydrogen-bond donors (Lipinski definition) is 3. The topological polar surface area (TPSA) is 120 Å². The summed E-state index contributed by atoms with van der Waals surface area (Å²) in [6.07, 6.45) is 1.34. The van der Waals surface area contributed by atoms with Crippen LogP contribution in [-0.2, 0) is 11.4 Å². The van der Waals surface area contributed by atoms with Crippen molar-refractivity contribution in [2.45, 2.75) is 6.61 Å². The number of ether oxygens (including phenoxy) is 1. The molecule has 0 saturated carbocycles. The van der Waals surface area contributed by atoms with Crippen molar-refractivity contribution in [3.05, 3.63) is 93.0 Å². The Kier molecular flexibility index (Phi) is 7.57. The van der Waals surface area contributed by atoms with E-state index in [-0.39, 0.29) is 39.3 Å². The number of aromatic hydroxyl groups is 1. The molecular weight excluding hydrogens is 467 g/mol. The van der Waals surface area contributed by atoms with Crippen LogP contribution in [0.1, 0.15) is 21.5 Å². The third-order valence-electron chi connectivity index (χ3n) is 4.41. The number of phenols is 1. The van der Waals surface area contributed by atoms with Gasteiger partial charge < -0.3 is 20.3 Å². The number of halogens is 2. The second-order valence-corrected chi connectivity index (χ2v) is 7.59. The first-order chi connectivity index (χ1) is 15.8.